The van der Waals surface area contributed by atoms with E-state index in [0.717, 1.165) is 29.1 Å². The number of aliphatic hydroxyl groups is 1. The van der Waals surface area contributed by atoms with Gasteiger partial charge in [0.1, 0.15) is 30.7 Å². The number of amides is 1. The van der Waals surface area contributed by atoms with Crippen molar-refractivity contribution in [1.29, 1.82) is 0 Å². The number of esters is 1. The molecule has 1 aromatic carbocycles. The van der Waals surface area contributed by atoms with Gasteiger partial charge in [-0.2, -0.15) is 5.01 Å². The average molecular weight is 856 g/mol. The molecule has 16 heteroatoms. The van der Waals surface area contributed by atoms with Crippen molar-refractivity contribution in [2.45, 2.75) is 147 Å². The summed E-state index contributed by atoms with van der Waals surface area (Å²) in [5.74, 6) is -3.86. The van der Waals surface area contributed by atoms with Gasteiger partial charge in [0.2, 0.25) is 0 Å². The lowest BCUT2D eigenvalue weighted by atomic mass is 9.73. The molecule has 15 nitrogen and oxygen atoms in total. The van der Waals surface area contributed by atoms with Crippen LogP contribution in [0.4, 0.5) is 9.18 Å². The van der Waals surface area contributed by atoms with Gasteiger partial charge in [-0.25, -0.2) is 19.0 Å². The maximum Gasteiger partial charge on any atom is 0.425 e. The number of aliphatic hydroxyl groups excluding tert-OH is 1. The number of benzene rings is 1. The van der Waals surface area contributed by atoms with E-state index in [1.54, 1.807) is 39.1 Å². The van der Waals surface area contributed by atoms with Crippen molar-refractivity contribution in [3.63, 3.8) is 0 Å². The Hall–Kier alpha value is -3.80. The van der Waals surface area contributed by atoms with Crippen molar-refractivity contribution in [3.8, 4) is 5.75 Å². The number of aryl methyl sites for hydroxylation is 1. The SMILES string of the molecule is CC[C@@H]1OC(=O)C(C)(F)C(=O)[C@H](C)[C@@H](O[C@@H]2O[C@H](C)C[C@H](N(C)C)[C@H]2O)[C@@](C)(OC)C[C@@H](C)C2=NCN(CCCc3ccnc4cc(OC)ccc34)N3C(=O)O[C@@]1(C)[C@H]3[C@@H]2C. The first kappa shape index (κ1) is 46.7. The Balaban J connectivity index is 1.40. The monoisotopic (exact) mass is 855 g/mol. The topological polar surface area (TPSA) is 162 Å². The lowest BCUT2D eigenvalue weighted by Crippen LogP contribution is -2.62. The highest BCUT2D eigenvalue weighted by Crippen LogP contribution is 2.45. The summed E-state index contributed by atoms with van der Waals surface area (Å²) in [5.41, 5.74) is -3.26. The van der Waals surface area contributed by atoms with Gasteiger partial charge in [-0.1, -0.05) is 27.7 Å². The van der Waals surface area contributed by atoms with Gasteiger partial charge in [0.25, 0.3) is 5.67 Å². The molecular weight excluding hydrogens is 790 g/mol. The fourth-order valence-corrected chi connectivity index (χ4v) is 10.3. The summed E-state index contributed by atoms with van der Waals surface area (Å²) in [7, 11) is 6.82. The number of rotatable bonds is 10. The number of methoxy groups -OCH3 is 2. The van der Waals surface area contributed by atoms with Gasteiger partial charge in [0, 0.05) is 54.9 Å². The number of alkyl halides is 1. The predicted molar refractivity (Wildman–Crippen MR) is 226 cm³/mol. The Kier molecular flexibility index (Phi) is 13.9. The van der Waals surface area contributed by atoms with Crippen molar-refractivity contribution in [2.75, 3.05) is 41.5 Å². The van der Waals surface area contributed by atoms with Crippen LogP contribution in [0.2, 0.25) is 0 Å². The molecule has 2 bridgehead atoms. The number of likely N-dealkylation sites (N-methyl/N-ethyl adjacent to an activating group) is 1. The molecule has 5 heterocycles. The molecule has 3 fully saturated rings. The Labute approximate surface area is 359 Å². The standard InChI is InChI=1S/C45H66FN5O10/c1-13-34-45(8)37-27(4)35(48-24-50(51(37)42(55)61-45)20-14-15-29-18-19-47-32-22-30(56-11)16-17-31(29)32)25(2)23-43(6,57-12)39(28(5)38(53)44(7,46)41(54)59-34)60-40-36(52)33(49(9)10)21-26(3)58-40/h16-19,22,25-28,33-34,36-37,39-40,52H,13-15,20-21,23-24H2,1-12H3/t25-,26-,27-,28+,33+,34+,36-,37-,39-,40+,43+,44?,45-/m1/s1. The molecule has 0 aliphatic carbocycles. The third kappa shape index (κ3) is 8.77. The summed E-state index contributed by atoms with van der Waals surface area (Å²) >= 11 is 0. The van der Waals surface area contributed by atoms with E-state index in [0.29, 0.717) is 31.6 Å². The molecule has 0 spiro atoms. The number of hydrogen-bond donors (Lipinski definition) is 1. The number of Topliss-reactive ketones (excluding diaryl/α,β-unsaturated/α-hetero) is 1. The molecule has 3 saturated heterocycles. The average Bonchev–Trinajstić information content (AvgIpc) is 3.40. The molecule has 6 rings (SSSR count). The fraction of sp³-hybridized carbons (Fsp3) is 0.711. The van der Waals surface area contributed by atoms with Gasteiger partial charge < -0.3 is 38.4 Å². The zero-order valence-electron chi connectivity index (χ0n) is 37.8. The molecule has 0 saturated carbocycles. The van der Waals surface area contributed by atoms with Crippen LogP contribution in [-0.2, 0) is 39.7 Å². The Morgan fingerprint density at radius 3 is 2.43 bits per heavy atom. The van der Waals surface area contributed by atoms with Crippen molar-refractivity contribution >= 4 is 34.5 Å². The summed E-state index contributed by atoms with van der Waals surface area (Å²) in [6.07, 6.45) is -1.60. The lowest BCUT2D eigenvalue weighted by Gasteiger charge is -2.47. The smallest absolute Gasteiger partial charge is 0.425 e. The van der Waals surface area contributed by atoms with Crippen molar-refractivity contribution in [3.05, 3.63) is 36.0 Å². The molecule has 2 aromatic rings. The van der Waals surface area contributed by atoms with E-state index >= 15 is 4.39 Å². The summed E-state index contributed by atoms with van der Waals surface area (Å²) < 4.78 is 53.7. The first-order chi connectivity index (χ1) is 28.7. The minimum Gasteiger partial charge on any atom is -0.497 e. The summed E-state index contributed by atoms with van der Waals surface area (Å²) in [4.78, 5) is 54.3. The fourth-order valence-electron chi connectivity index (χ4n) is 10.3. The molecule has 13 atom stereocenters. The number of pyridine rings is 1. The minimum atomic E-state index is -3.14. The number of ether oxygens (including phenoxy) is 6. The first-order valence-electron chi connectivity index (χ1n) is 21.6. The van der Waals surface area contributed by atoms with E-state index in [1.807, 2.05) is 69.0 Å². The van der Waals surface area contributed by atoms with Crippen LogP contribution < -0.4 is 4.74 Å². The largest absolute Gasteiger partial charge is 0.497 e. The minimum absolute atomic E-state index is 0.129. The molecule has 338 valence electrons. The van der Waals surface area contributed by atoms with E-state index in [-0.39, 0.29) is 37.6 Å². The molecular formula is C45H66FN5O10. The second-order valence-electron chi connectivity index (χ2n) is 18.3. The molecule has 4 aliphatic rings. The number of carbonyl (C=O) groups is 3. The summed E-state index contributed by atoms with van der Waals surface area (Å²) in [6, 6.07) is 6.72. The number of cyclic esters (lactones) is 1. The second-order valence-corrected chi connectivity index (χ2v) is 18.3. The van der Waals surface area contributed by atoms with Crippen LogP contribution in [-0.4, -0.2) is 150 Å². The van der Waals surface area contributed by atoms with E-state index in [2.05, 4.69) is 4.98 Å². The molecule has 0 radical (unpaired) electrons. The lowest BCUT2D eigenvalue weighted by molar-refractivity contribution is -0.295. The molecule has 1 amide bonds. The van der Waals surface area contributed by atoms with Crippen LogP contribution in [0.1, 0.15) is 86.6 Å². The molecule has 4 aliphatic heterocycles. The van der Waals surface area contributed by atoms with Crippen molar-refractivity contribution in [2.24, 2.45) is 22.7 Å². The number of nitrogens with zero attached hydrogens (tertiary/aromatic N) is 5. The number of aromatic nitrogens is 1. The molecule has 61 heavy (non-hydrogen) atoms. The predicted octanol–water partition coefficient (Wildman–Crippen LogP) is 5.53. The highest BCUT2D eigenvalue weighted by molar-refractivity contribution is 6.08. The number of hydrogen-bond acceptors (Lipinski definition) is 14. The normalized spacial score (nSPS) is 37.9. The molecule has 1 aromatic heterocycles. The Morgan fingerprint density at radius 1 is 1.05 bits per heavy atom. The Bertz CT molecular complexity index is 1970. The number of ketones is 1. The van der Waals surface area contributed by atoms with Crippen LogP contribution in [0, 0.1) is 17.8 Å². The second kappa shape index (κ2) is 18.1. The van der Waals surface area contributed by atoms with Gasteiger partial charge in [0.15, 0.2) is 17.7 Å². The maximum absolute atomic E-state index is 17.0. The number of carbonyl (C=O) groups excluding carboxylic acids is 3. The van der Waals surface area contributed by atoms with Crippen molar-refractivity contribution < 1.29 is 52.3 Å². The third-order valence-corrected chi connectivity index (χ3v) is 13.7. The van der Waals surface area contributed by atoms with Gasteiger partial charge in [-0.05, 0) is 104 Å². The van der Waals surface area contributed by atoms with Gasteiger partial charge >= 0.3 is 12.1 Å². The third-order valence-electron chi connectivity index (χ3n) is 13.7. The van der Waals surface area contributed by atoms with E-state index in [1.165, 1.54) is 14.0 Å². The number of fused-ring (bicyclic) bond motifs is 2. The van der Waals surface area contributed by atoms with Crippen molar-refractivity contribution in [1.82, 2.24) is 19.9 Å². The van der Waals surface area contributed by atoms with E-state index in [9.17, 15) is 19.5 Å². The summed E-state index contributed by atoms with van der Waals surface area (Å²) in [5, 5.41) is 16.0. The quantitative estimate of drug-likeness (QED) is 0.235. The van der Waals surface area contributed by atoms with Crippen LogP contribution in [0.3, 0.4) is 0 Å². The number of hydrazine groups is 1. The van der Waals surface area contributed by atoms with Crippen LogP contribution in [0.15, 0.2) is 35.5 Å². The molecule has 1 N–H and O–H groups in total. The van der Waals surface area contributed by atoms with Crippen LogP contribution in [0.25, 0.3) is 10.9 Å². The zero-order chi connectivity index (χ0) is 44.8. The molecule has 1 unspecified atom stereocenters. The Morgan fingerprint density at radius 2 is 1.77 bits per heavy atom. The highest BCUT2D eigenvalue weighted by Gasteiger charge is 2.63. The zero-order valence-corrected chi connectivity index (χ0v) is 37.8. The van der Waals surface area contributed by atoms with Crippen LogP contribution in [0.5, 0.6) is 5.75 Å². The van der Waals surface area contributed by atoms with E-state index in [4.69, 9.17) is 33.4 Å². The summed E-state index contributed by atoms with van der Waals surface area (Å²) in [6.45, 7) is 14.1. The van der Waals surface area contributed by atoms with Gasteiger partial charge in [-0.3, -0.25) is 14.8 Å². The highest BCUT2D eigenvalue weighted by atomic mass is 19.1. The van der Waals surface area contributed by atoms with Gasteiger partial charge in [0.05, 0.1) is 30.4 Å². The first-order valence-corrected chi connectivity index (χ1v) is 21.6. The van der Waals surface area contributed by atoms with Gasteiger partial charge in [-0.15, -0.1) is 0 Å². The van der Waals surface area contributed by atoms with E-state index < -0.39 is 77.2 Å². The van der Waals surface area contributed by atoms with Crippen LogP contribution >= 0.6 is 0 Å². The number of aliphatic imine (C=N–C) groups is 1. The maximum atomic E-state index is 17.0. The number of halogens is 1.